The molecule has 3 nitrogen and oxygen atoms in total. The zero-order valence-corrected chi connectivity index (χ0v) is 8.97. The minimum Gasteiger partial charge on any atom is -0.323 e. The van der Waals surface area contributed by atoms with Crippen molar-refractivity contribution < 1.29 is 13.2 Å². The lowest BCUT2D eigenvalue weighted by atomic mass is 10.1. The summed E-state index contributed by atoms with van der Waals surface area (Å²) in [6.45, 7) is 1.58. The van der Waals surface area contributed by atoms with Crippen LogP contribution in [0.1, 0.15) is 17.7 Å². The summed E-state index contributed by atoms with van der Waals surface area (Å²) in [4.78, 5) is 3.70. The van der Waals surface area contributed by atoms with Gasteiger partial charge in [-0.3, -0.25) is 5.84 Å². The number of fused-ring (bicyclic) bond motifs is 1. The van der Waals surface area contributed by atoms with Crippen LogP contribution in [-0.2, 0) is 0 Å². The number of nitrogens with two attached hydrogens (primary N) is 1. The monoisotopic (exact) mass is 241 g/mol. The van der Waals surface area contributed by atoms with Crippen molar-refractivity contribution in [2.75, 3.05) is 5.43 Å². The molecule has 2 aromatic rings. The van der Waals surface area contributed by atoms with E-state index < -0.39 is 17.9 Å². The van der Waals surface area contributed by atoms with E-state index in [4.69, 9.17) is 5.84 Å². The molecule has 0 fully saturated rings. The predicted molar refractivity (Wildman–Crippen MR) is 59.2 cm³/mol. The quantitative estimate of drug-likeness (QED) is 0.627. The van der Waals surface area contributed by atoms with Crippen molar-refractivity contribution in [3.05, 3.63) is 35.3 Å². The fraction of sp³-hybridized carbons (Fsp3) is 0.182. The van der Waals surface area contributed by atoms with E-state index in [0.29, 0.717) is 16.6 Å². The third kappa shape index (κ3) is 2.03. The Hall–Kier alpha value is -1.82. The van der Waals surface area contributed by atoms with Gasteiger partial charge in [-0.2, -0.15) is 0 Å². The molecule has 0 aliphatic carbocycles. The molecule has 0 saturated carbocycles. The maximum Gasteiger partial charge on any atom is 0.280 e. The van der Waals surface area contributed by atoms with Gasteiger partial charge in [0.1, 0.15) is 11.5 Å². The van der Waals surface area contributed by atoms with E-state index in [9.17, 15) is 13.2 Å². The van der Waals surface area contributed by atoms with Gasteiger partial charge < -0.3 is 5.43 Å². The molecule has 0 radical (unpaired) electrons. The Morgan fingerprint density at radius 1 is 1.29 bits per heavy atom. The van der Waals surface area contributed by atoms with Crippen molar-refractivity contribution in [2.24, 2.45) is 5.84 Å². The standard InChI is InChI=1S/C11H10F3N3/c1-5-2-6-8(3-7(5)12)16-10(11(13)14)4-9(6)17-15/h2-4,11H,15H2,1H3,(H,16,17). The molecule has 1 heterocycles. The number of pyridine rings is 1. The van der Waals surface area contributed by atoms with Crippen molar-refractivity contribution in [1.82, 2.24) is 4.98 Å². The molecule has 1 aromatic carbocycles. The van der Waals surface area contributed by atoms with Crippen LogP contribution in [0.4, 0.5) is 18.9 Å². The summed E-state index contributed by atoms with van der Waals surface area (Å²) in [7, 11) is 0. The molecule has 0 aliphatic rings. The van der Waals surface area contributed by atoms with E-state index in [1.54, 1.807) is 6.92 Å². The highest BCUT2D eigenvalue weighted by Crippen LogP contribution is 2.28. The number of halogens is 3. The van der Waals surface area contributed by atoms with Gasteiger partial charge in [0.25, 0.3) is 6.43 Å². The fourth-order valence-electron chi connectivity index (χ4n) is 1.61. The van der Waals surface area contributed by atoms with Gasteiger partial charge in [-0.15, -0.1) is 0 Å². The highest BCUT2D eigenvalue weighted by Gasteiger charge is 2.14. The smallest absolute Gasteiger partial charge is 0.280 e. The number of aryl methyl sites for hydroxylation is 1. The molecule has 1 aromatic heterocycles. The van der Waals surface area contributed by atoms with Crippen LogP contribution in [0.15, 0.2) is 18.2 Å². The first kappa shape index (κ1) is 11.7. The first-order valence-electron chi connectivity index (χ1n) is 4.88. The Morgan fingerprint density at radius 3 is 2.59 bits per heavy atom. The third-order valence-corrected chi connectivity index (χ3v) is 2.49. The van der Waals surface area contributed by atoms with Crippen LogP contribution >= 0.6 is 0 Å². The number of hydrogen-bond donors (Lipinski definition) is 2. The molecule has 90 valence electrons. The maximum atomic E-state index is 13.3. The van der Waals surface area contributed by atoms with Crippen LogP contribution in [0, 0.1) is 12.7 Å². The van der Waals surface area contributed by atoms with Crippen LogP contribution in [0.2, 0.25) is 0 Å². The average molecular weight is 241 g/mol. The van der Waals surface area contributed by atoms with E-state index in [0.717, 1.165) is 12.1 Å². The number of aromatic nitrogens is 1. The van der Waals surface area contributed by atoms with Crippen LogP contribution in [0.5, 0.6) is 0 Å². The summed E-state index contributed by atoms with van der Waals surface area (Å²) in [5.41, 5.74) is 2.73. The molecule has 0 unspecified atom stereocenters. The number of nitrogens with one attached hydrogen (secondary N) is 1. The molecule has 6 heteroatoms. The molecule has 0 amide bonds. The second-order valence-electron chi connectivity index (χ2n) is 3.66. The summed E-state index contributed by atoms with van der Waals surface area (Å²) in [5, 5.41) is 0.510. The van der Waals surface area contributed by atoms with Crippen LogP contribution < -0.4 is 11.3 Å². The Morgan fingerprint density at radius 2 is 2.00 bits per heavy atom. The lowest BCUT2D eigenvalue weighted by molar-refractivity contribution is 0.146. The van der Waals surface area contributed by atoms with E-state index >= 15 is 0 Å². The number of nitrogens with zero attached hydrogens (tertiary/aromatic N) is 1. The number of benzene rings is 1. The topological polar surface area (TPSA) is 50.9 Å². The van der Waals surface area contributed by atoms with Gasteiger partial charge in [0.05, 0.1) is 11.2 Å². The Kier molecular flexibility index (Phi) is 2.89. The van der Waals surface area contributed by atoms with Gasteiger partial charge in [-0.05, 0) is 24.6 Å². The van der Waals surface area contributed by atoms with Gasteiger partial charge in [-0.25, -0.2) is 18.2 Å². The minimum absolute atomic E-state index is 0.152. The molecular formula is C11H10F3N3. The molecule has 2 rings (SSSR count). The molecule has 17 heavy (non-hydrogen) atoms. The molecule has 0 aliphatic heterocycles. The van der Waals surface area contributed by atoms with Gasteiger partial charge in [-0.1, -0.05) is 0 Å². The van der Waals surface area contributed by atoms with Crippen molar-refractivity contribution in [3.63, 3.8) is 0 Å². The van der Waals surface area contributed by atoms with Crippen molar-refractivity contribution in [3.8, 4) is 0 Å². The van der Waals surface area contributed by atoms with Crippen LogP contribution in [-0.4, -0.2) is 4.98 Å². The lowest BCUT2D eigenvalue weighted by Gasteiger charge is -2.09. The summed E-state index contributed by atoms with van der Waals surface area (Å²) in [5.74, 6) is 4.77. The largest absolute Gasteiger partial charge is 0.323 e. The first-order valence-corrected chi connectivity index (χ1v) is 4.88. The Labute approximate surface area is 95.4 Å². The molecule has 0 atom stereocenters. The number of alkyl halides is 2. The Bertz CT molecular complexity index is 569. The number of anilines is 1. The first-order chi connectivity index (χ1) is 8.02. The van der Waals surface area contributed by atoms with E-state index in [1.807, 2.05) is 0 Å². The average Bonchev–Trinajstić information content (AvgIpc) is 2.29. The lowest BCUT2D eigenvalue weighted by Crippen LogP contribution is -2.09. The van der Waals surface area contributed by atoms with E-state index in [2.05, 4.69) is 10.4 Å². The summed E-state index contributed by atoms with van der Waals surface area (Å²) < 4.78 is 38.5. The molecule has 3 N–H and O–H groups in total. The number of hydrazine groups is 1. The van der Waals surface area contributed by atoms with Crippen LogP contribution in [0.25, 0.3) is 10.9 Å². The van der Waals surface area contributed by atoms with E-state index in [-0.39, 0.29) is 5.52 Å². The fourth-order valence-corrected chi connectivity index (χ4v) is 1.61. The van der Waals surface area contributed by atoms with Gasteiger partial charge in [0.2, 0.25) is 0 Å². The zero-order valence-electron chi connectivity index (χ0n) is 8.97. The number of rotatable bonds is 2. The third-order valence-electron chi connectivity index (χ3n) is 2.49. The maximum absolute atomic E-state index is 13.3. The Balaban J connectivity index is 2.78. The highest BCUT2D eigenvalue weighted by atomic mass is 19.3. The summed E-state index contributed by atoms with van der Waals surface area (Å²) >= 11 is 0. The van der Waals surface area contributed by atoms with Crippen molar-refractivity contribution in [1.29, 1.82) is 0 Å². The van der Waals surface area contributed by atoms with Crippen molar-refractivity contribution in [2.45, 2.75) is 13.3 Å². The van der Waals surface area contributed by atoms with Crippen molar-refractivity contribution >= 4 is 16.6 Å². The number of hydrogen-bond acceptors (Lipinski definition) is 3. The summed E-state index contributed by atoms with van der Waals surface area (Å²) in [6, 6.07) is 3.80. The SMILES string of the molecule is Cc1cc2c(NN)cc(C(F)F)nc2cc1F. The predicted octanol–water partition coefficient (Wildman–Crippen LogP) is 2.91. The summed E-state index contributed by atoms with van der Waals surface area (Å²) in [6.07, 6.45) is -2.73. The highest BCUT2D eigenvalue weighted by molar-refractivity contribution is 5.91. The second-order valence-corrected chi connectivity index (χ2v) is 3.66. The minimum atomic E-state index is -2.73. The van der Waals surface area contributed by atoms with Gasteiger partial charge in [0.15, 0.2) is 0 Å². The zero-order chi connectivity index (χ0) is 12.6. The number of nitrogen functional groups attached to an aromatic ring is 1. The van der Waals surface area contributed by atoms with Gasteiger partial charge in [0, 0.05) is 11.5 Å². The molecule has 0 saturated heterocycles. The second kappa shape index (κ2) is 4.21. The molecule has 0 spiro atoms. The van der Waals surface area contributed by atoms with Gasteiger partial charge >= 0.3 is 0 Å². The van der Waals surface area contributed by atoms with Crippen LogP contribution in [0.3, 0.4) is 0 Å². The molecular weight excluding hydrogens is 231 g/mol. The normalized spacial score (nSPS) is 11.2. The molecule has 0 bridgehead atoms. The van der Waals surface area contributed by atoms with E-state index in [1.165, 1.54) is 6.07 Å².